The number of nitrogens with zero attached hydrogens (tertiary/aromatic N) is 1. The molecule has 2 amide bonds. The molecule has 0 aliphatic carbocycles. The fourth-order valence-corrected chi connectivity index (χ4v) is 3.51. The number of carbonyl (C=O) groups is 2. The molecule has 0 heterocycles. The minimum absolute atomic E-state index is 0.0129. The van der Waals surface area contributed by atoms with Crippen LogP contribution in [0.2, 0.25) is 0 Å². The van der Waals surface area contributed by atoms with Crippen LogP contribution in [0.1, 0.15) is 18.4 Å². The van der Waals surface area contributed by atoms with Gasteiger partial charge in [-0.05, 0) is 47.7 Å². The van der Waals surface area contributed by atoms with E-state index >= 15 is 0 Å². The van der Waals surface area contributed by atoms with E-state index in [0.717, 1.165) is 16.3 Å². The van der Waals surface area contributed by atoms with E-state index in [1.165, 1.54) is 0 Å². The second-order valence-electron chi connectivity index (χ2n) is 7.86. The predicted molar refractivity (Wildman–Crippen MR) is 133 cm³/mol. The number of amides is 2. The molecule has 33 heavy (non-hydrogen) atoms. The van der Waals surface area contributed by atoms with Crippen molar-refractivity contribution in [1.29, 1.82) is 0 Å². The van der Waals surface area contributed by atoms with Crippen LogP contribution in [0.3, 0.4) is 0 Å². The predicted octanol–water partition coefficient (Wildman–Crippen LogP) is 1.89. The maximum Gasteiger partial charge on any atom is 0.246 e. The Morgan fingerprint density at radius 1 is 0.879 bits per heavy atom. The van der Waals surface area contributed by atoms with Crippen molar-refractivity contribution in [3.8, 4) is 0 Å². The van der Waals surface area contributed by atoms with Crippen molar-refractivity contribution in [2.75, 3.05) is 11.9 Å². The summed E-state index contributed by atoms with van der Waals surface area (Å²) in [4.78, 5) is 29.7. The highest BCUT2D eigenvalue weighted by Gasteiger charge is 2.24. The van der Waals surface area contributed by atoms with E-state index in [1.807, 2.05) is 72.8 Å². The Labute approximate surface area is 193 Å². The summed E-state index contributed by atoms with van der Waals surface area (Å²) < 4.78 is 0. The minimum atomic E-state index is -0.778. The van der Waals surface area contributed by atoms with Crippen molar-refractivity contribution in [2.24, 2.45) is 22.2 Å². The SMILES string of the molecule is NC(N)=NCCC[C@H](NC(=O)[C@H](N)Cc1ccccc1)C(=O)Nc1ccc2ccccc2c1. The number of hydrogen-bond donors (Lipinski definition) is 5. The molecule has 0 radical (unpaired) electrons. The summed E-state index contributed by atoms with van der Waals surface area (Å²) in [7, 11) is 0. The number of benzene rings is 3. The van der Waals surface area contributed by atoms with Gasteiger partial charge in [0, 0.05) is 12.2 Å². The Kier molecular flexibility index (Phi) is 8.37. The fourth-order valence-electron chi connectivity index (χ4n) is 3.51. The van der Waals surface area contributed by atoms with Gasteiger partial charge >= 0.3 is 0 Å². The lowest BCUT2D eigenvalue weighted by atomic mass is 10.0. The summed E-state index contributed by atoms with van der Waals surface area (Å²) in [5.41, 5.74) is 18.5. The van der Waals surface area contributed by atoms with E-state index in [4.69, 9.17) is 17.2 Å². The molecule has 0 fully saturated rings. The number of aliphatic imine (C=N–C) groups is 1. The average molecular weight is 447 g/mol. The molecule has 0 saturated heterocycles. The molecule has 0 aromatic heterocycles. The van der Waals surface area contributed by atoms with Crippen LogP contribution in [-0.2, 0) is 16.0 Å². The molecule has 0 spiro atoms. The maximum atomic E-state index is 13.0. The molecule has 0 saturated carbocycles. The number of nitrogens with one attached hydrogen (secondary N) is 2. The summed E-state index contributed by atoms with van der Waals surface area (Å²) in [6.45, 7) is 0.355. The number of anilines is 1. The topological polar surface area (TPSA) is 149 Å². The molecule has 0 aliphatic rings. The van der Waals surface area contributed by atoms with E-state index in [0.29, 0.717) is 31.5 Å². The van der Waals surface area contributed by atoms with Gasteiger partial charge in [-0.1, -0.05) is 60.7 Å². The summed E-state index contributed by atoms with van der Waals surface area (Å²) in [6, 6.07) is 21.5. The molecule has 2 atom stereocenters. The maximum absolute atomic E-state index is 13.0. The standard InChI is InChI=1S/C25H30N6O2/c26-21(15-17-7-2-1-3-8-17)23(32)31-22(11-6-14-29-25(27)28)24(33)30-20-13-12-18-9-4-5-10-19(18)16-20/h1-5,7-10,12-13,16,21-22H,6,11,14-15,26H2,(H,30,33)(H,31,32)(H4,27,28,29)/t21-,22+/m1/s1. The van der Waals surface area contributed by atoms with Crippen LogP contribution >= 0.6 is 0 Å². The lowest BCUT2D eigenvalue weighted by molar-refractivity contribution is -0.127. The van der Waals surface area contributed by atoms with Gasteiger partial charge in [0.2, 0.25) is 11.8 Å². The van der Waals surface area contributed by atoms with Crippen LogP contribution in [0.25, 0.3) is 10.8 Å². The molecule has 0 aliphatic heterocycles. The van der Waals surface area contributed by atoms with E-state index < -0.39 is 12.1 Å². The molecule has 8 heteroatoms. The van der Waals surface area contributed by atoms with Gasteiger partial charge in [-0.25, -0.2) is 0 Å². The van der Waals surface area contributed by atoms with Crippen LogP contribution in [0, 0.1) is 0 Å². The summed E-state index contributed by atoms with van der Waals surface area (Å²) in [6.07, 6.45) is 1.25. The highest BCUT2D eigenvalue weighted by Crippen LogP contribution is 2.19. The molecule has 3 rings (SSSR count). The third kappa shape index (κ3) is 7.33. The van der Waals surface area contributed by atoms with Crippen molar-refractivity contribution in [3.63, 3.8) is 0 Å². The lowest BCUT2D eigenvalue weighted by Gasteiger charge is -2.21. The van der Waals surface area contributed by atoms with Gasteiger partial charge in [0.05, 0.1) is 6.04 Å². The first-order valence-electron chi connectivity index (χ1n) is 10.9. The number of nitrogens with two attached hydrogens (primary N) is 3. The van der Waals surface area contributed by atoms with Gasteiger partial charge in [0.25, 0.3) is 0 Å². The Morgan fingerprint density at radius 3 is 2.30 bits per heavy atom. The first-order valence-corrected chi connectivity index (χ1v) is 10.9. The zero-order valence-electron chi connectivity index (χ0n) is 18.4. The van der Waals surface area contributed by atoms with Crippen LogP contribution in [0.4, 0.5) is 5.69 Å². The van der Waals surface area contributed by atoms with E-state index in [2.05, 4.69) is 15.6 Å². The monoisotopic (exact) mass is 446 g/mol. The first kappa shape index (κ1) is 23.7. The zero-order valence-corrected chi connectivity index (χ0v) is 18.4. The number of carbonyl (C=O) groups excluding carboxylic acids is 2. The molecule has 172 valence electrons. The van der Waals surface area contributed by atoms with Crippen molar-refractivity contribution in [3.05, 3.63) is 78.4 Å². The number of hydrogen-bond acceptors (Lipinski definition) is 4. The molecule has 0 unspecified atom stereocenters. The first-order chi connectivity index (χ1) is 15.9. The molecule has 3 aromatic rings. The molecule has 8 N–H and O–H groups in total. The van der Waals surface area contributed by atoms with Gasteiger partial charge in [0.1, 0.15) is 6.04 Å². The summed E-state index contributed by atoms with van der Waals surface area (Å²) >= 11 is 0. The van der Waals surface area contributed by atoms with Crippen LogP contribution in [-0.4, -0.2) is 36.4 Å². The van der Waals surface area contributed by atoms with E-state index in [9.17, 15) is 9.59 Å². The number of rotatable bonds is 10. The normalized spacial score (nSPS) is 12.5. The van der Waals surface area contributed by atoms with Gasteiger partial charge < -0.3 is 27.8 Å². The minimum Gasteiger partial charge on any atom is -0.370 e. The summed E-state index contributed by atoms with van der Waals surface area (Å²) in [5, 5.41) is 7.78. The van der Waals surface area contributed by atoms with Gasteiger partial charge in [-0.3, -0.25) is 14.6 Å². The summed E-state index contributed by atoms with van der Waals surface area (Å²) in [5.74, 6) is -0.726. The largest absolute Gasteiger partial charge is 0.370 e. The number of fused-ring (bicyclic) bond motifs is 1. The third-order valence-corrected chi connectivity index (χ3v) is 5.23. The Bertz CT molecular complexity index is 1110. The second-order valence-corrected chi connectivity index (χ2v) is 7.86. The Morgan fingerprint density at radius 2 is 1.58 bits per heavy atom. The molecule has 3 aromatic carbocycles. The van der Waals surface area contributed by atoms with Crippen molar-refractivity contribution >= 4 is 34.2 Å². The molecule has 8 nitrogen and oxygen atoms in total. The van der Waals surface area contributed by atoms with Crippen molar-refractivity contribution in [1.82, 2.24) is 5.32 Å². The average Bonchev–Trinajstić information content (AvgIpc) is 2.81. The van der Waals surface area contributed by atoms with Gasteiger partial charge in [0.15, 0.2) is 5.96 Å². The third-order valence-electron chi connectivity index (χ3n) is 5.23. The van der Waals surface area contributed by atoms with Crippen molar-refractivity contribution in [2.45, 2.75) is 31.3 Å². The van der Waals surface area contributed by atoms with Gasteiger partial charge in [-0.15, -0.1) is 0 Å². The van der Waals surface area contributed by atoms with Crippen LogP contribution in [0.5, 0.6) is 0 Å². The van der Waals surface area contributed by atoms with Crippen LogP contribution < -0.4 is 27.8 Å². The van der Waals surface area contributed by atoms with E-state index in [-0.39, 0.29) is 17.8 Å². The smallest absolute Gasteiger partial charge is 0.246 e. The highest BCUT2D eigenvalue weighted by atomic mass is 16.2. The fraction of sp³-hybridized carbons (Fsp3) is 0.240. The Balaban J connectivity index is 1.67. The quantitative estimate of drug-likeness (QED) is 0.183. The molecular weight excluding hydrogens is 416 g/mol. The van der Waals surface area contributed by atoms with E-state index in [1.54, 1.807) is 0 Å². The molecule has 0 bridgehead atoms. The second kappa shape index (κ2) is 11.6. The molecular formula is C25H30N6O2. The van der Waals surface area contributed by atoms with Crippen molar-refractivity contribution < 1.29 is 9.59 Å². The number of guanidine groups is 1. The lowest BCUT2D eigenvalue weighted by Crippen LogP contribution is -2.50. The zero-order chi connectivity index (χ0) is 23.6. The van der Waals surface area contributed by atoms with Crippen LogP contribution in [0.15, 0.2) is 77.8 Å². The highest BCUT2D eigenvalue weighted by molar-refractivity contribution is 5.99. The Hall–Kier alpha value is -3.91. The van der Waals surface area contributed by atoms with Gasteiger partial charge in [-0.2, -0.15) is 0 Å².